The lowest BCUT2D eigenvalue weighted by Gasteiger charge is -2.48. The molecule has 0 bridgehead atoms. The van der Waals surface area contributed by atoms with Crippen molar-refractivity contribution < 1.29 is 9.47 Å². The molecule has 0 aromatic rings. The van der Waals surface area contributed by atoms with Crippen LogP contribution in [0.3, 0.4) is 0 Å². The molecule has 0 N–H and O–H groups in total. The van der Waals surface area contributed by atoms with Crippen molar-refractivity contribution in [1.82, 2.24) is 0 Å². The quantitative estimate of drug-likeness (QED) is 0.713. The molecule has 118 valence electrons. The fourth-order valence-corrected chi connectivity index (χ4v) is 4.00. The highest BCUT2D eigenvalue weighted by Crippen LogP contribution is 2.44. The molecule has 0 aromatic heterocycles. The zero-order chi connectivity index (χ0) is 15.0. The molecule has 2 aliphatic rings. The van der Waals surface area contributed by atoms with Gasteiger partial charge in [0.05, 0.1) is 23.4 Å². The predicted molar refractivity (Wildman–Crippen MR) is 83.9 cm³/mol. The van der Waals surface area contributed by atoms with E-state index in [1.165, 1.54) is 38.5 Å². The lowest BCUT2D eigenvalue weighted by atomic mass is 9.68. The second-order valence-corrected chi connectivity index (χ2v) is 8.75. The molecule has 0 aliphatic heterocycles. The summed E-state index contributed by atoms with van der Waals surface area (Å²) in [4.78, 5) is 0. The van der Waals surface area contributed by atoms with Gasteiger partial charge >= 0.3 is 0 Å². The van der Waals surface area contributed by atoms with Crippen molar-refractivity contribution in [2.24, 2.45) is 11.8 Å². The summed E-state index contributed by atoms with van der Waals surface area (Å²) in [5, 5.41) is 0. The number of hydrogen-bond donors (Lipinski definition) is 0. The molecular formula is C18H34O2. The van der Waals surface area contributed by atoms with E-state index in [1.807, 2.05) is 0 Å². The minimum absolute atomic E-state index is 0.0777. The summed E-state index contributed by atoms with van der Waals surface area (Å²) < 4.78 is 12.8. The Morgan fingerprint density at radius 2 is 1.30 bits per heavy atom. The Morgan fingerprint density at radius 3 is 1.90 bits per heavy atom. The summed E-state index contributed by atoms with van der Waals surface area (Å²) in [6.45, 7) is 13.0. The van der Waals surface area contributed by atoms with Crippen molar-refractivity contribution in [1.29, 1.82) is 0 Å². The molecule has 2 aliphatic carbocycles. The van der Waals surface area contributed by atoms with Gasteiger partial charge in [-0.05, 0) is 72.6 Å². The molecule has 0 saturated heterocycles. The van der Waals surface area contributed by atoms with Gasteiger partial charge in [0.15, 0.2) is 0 Å². The highest BCUT2D eigenvalue weighted by atomic mass is 16.6. The van der Waals surface area contributed by atoms with Crippen LogP contribution in [0.4, 0.5) is 0 Å². The molecule has 2 fully saturated rings. The van der Waals surface area contributed by atoms with Gasteiger partial charge in [-0.1, -0.05) is 19.3 Å². The molecule has 2 rings (SSSR count). The van der Waals surface area contributed by atoms with Crippen molar-refractivity contribution in [3.8, 4) is 0 Å². The summed E-state index contributed by atoms with van der Waals surface area (Å²) in [7, 11) is 0. The smallest absolute Gasteiger partial charge is 0.0874 e. The normalized spacial score (nSPS) is 35.7. The first-order valence-corrected chi connectivity index (χ1v) is 8.51. The van der Waals surface area contributed by atoms with Crippen LogP contribution in [0.2, 0.25) is 0 Å². The average molecular weight is 282 g/mol. The van der Waals surface area contributed by atoms with Crippen LogP contribution >= 0.6 is 0 Å². The first-order chi connectivity index (χ1) is 9.16. The standard InChI is InChI=1S/C18H34O2/c1-17(2,3)19-15-12-11-13-9-7-8-10-14(13)16(15)20-18(4,5)6/h13-16H,7-12H2,1-6H3. The number of hydrogen-bond acceptors (Lipinski definition) is 2. The van der Waals surface area contributed by atoms with E-state index in [-0.39, 0.29) is 23.4 Å². The Hall–Kier alpha value is -0.0800. The van der Waals surface area contributed by atoms with Gasteiger partial charge in [-0.25, -0.2) is 0 Å². The van der Waals surface area contributed by atoms with Gasteiger partial charge in [0.1, 0.15) is 0 Å². The molecule has 0 spiro atoms. The fourth-order valence-electron chi connectivity index (χ4n) is 4.00. The Morgan fingerprint density at radius 1 is 0.700 bits per heavy atom. The highest BCUT2D eigenvalue weighted by molar-refractivity contribution is 4.93. The van der Waals surface area contributed by atoms with Crippen molar-refractivity contribution in [3.63, 3.8) is 0 Å². The lowest BCUT2D eigenvalue weighted by molar-refractivity contribution is -0.206. The van der Waals surface area contributed by atoms with E-state index in [9.17, 15) is 0 Å². The summed E-state index contributed by atoms with van der Waals surface area (Å²) >= 11 is 0. The molecule has 0 aromatic carbocycles. The van der Waals surface area contributed by atoms with Crippen LogP contribution in [0.15, 0.2) is 0 Å². The van der Waals surface area contributed by atoms with Crippen LogP contribution in [0, 0.1) is 11.8 Å². The third-order valence-corrected chi connectivity index (χ3v) is 4.57. The van der Waals surface area contributed by atoms with Crippen LogP contribution < -0.4 is 0 Å². The van der Waals surface area contributed by atoms with Crippen LogP contribution in [0.5, 0.6) is 0 Å². The molecule has 2 nitrogen and oxygen atoms in total. The molecule has 4 atom stereocenters. The molecule has 2 saturated carbocycles. The molecular weight excluding hydrogens is 248 g/mol. The van der Waals surface area contributed by atoms with Crippen LogP contribution in [0.1, 0.15) is 80.1 Å². The van der Waals surface area contributed by atoms with Crippen molar-refractivity contribution in [3.05, 3.63) is 0 Å². The zero-order valence-corrected chi connectivity index (χ0v) is 14.4. The van der Waals surface area contributed by atoms with Gasteiger partial charge in [0, 0.05) is 0 Å². The molecule has 0 radical (unpaired) electrons. The van der Waals surface area contributed by atoms with E-state index in [0.29, 0.717) is 5.92 Å². The number of ether oxygens (including phenoxy) is 2. The van der Waals surface area contributed by atoms with Gasteiger partial charge in [0.25, 0.3) is 0 Å². The highest BCUT2D eigenvalue weighted by Gasteiger charge is 2.44. The molecule has 0 heterocycles. The summed E-state index contributed by atoms with van der Waals surface area (Å²) in [6.07, 6.45) is 8.56. The Bertz CT molecular complexity index is 310. The van der Waals surface area contributed by atoms with Gasteiger partial charge in [-0.15, -0.1) is 0 Å². The van der Waals surface area contributed by atoms with E-state index >= 15 is 0 Å². The van der Waals surface area contributed by atoms with Gasteiger partial charge < -0.3 is 9.47 Å². The Kier molecular flexibility index (Phi) is 4.86. The SMILES string of the molecule is CC(C)(C)OC1CCC2CCCCC2C1OC(C)(C)C. The van der Waals surface area contributed by atoms with Gasteiger partial charge in [-0.3, -0.25) is 0 Å². The first-order valence-electron chi connectivity index (χ1n) is 8.51. The van der Waals surface area contributed by atoms with Crippen LogP contribution in [0.25, 0.3) is 0 Å². The lowest BCUT2D eigenvalue weighted by Crippen LogP contribution is -2.51. The van der Waals surface area contributed by atoms with Gasteiger partial charge in [-0.2, -0.15) is 0 Å². The summed E-state index contributed by atoms with van der Waals surface area (Å²) in [5.41, 5.74) is -0.158. The van der Waals surface area contributed by atoms with Gasteiger partial charge in [0.2, 0.25) is 0 Å². The molecule has 0 amide bonds. The van der Waals surface area contributed by atoms with Crippen molar-refractivity contribution >= 4 is 0 Å². The monoisotopic (exact) mass is 282 g/mol. The van der Waals surface area contributed by atoms with Crippen LogP contribution in [-0.2, 0) is 9.47 Å². The second kappa shape index (κ2) is 5.96. The third-order valence-electron chi connectivity index (χ3n) is 4.57. The molecule has 4 unspecified atom stereocenters. The van der Waals surface area contributed by atoms with Crippen molar-refractivity contribution in [2.45, 2.75) is 103 Å². The minimum atomic E-state index is -0.0799. The van der Waals surface area contributed by atoms with E-state index in [4.69, 9.17) is 9.47 Å². The third kappa shape index (κ3) is 4.46. The maximum atomic E-state index is 6.48. The Labute approximate surface area is 125 Å². The maximum absolute atomic E-state index is 6.48. The maximum Gasteiger partial charge on any atom is 0.0874 e. The van der Waals surface area contributed by atoms with E-state index in [2.05, 4.69) is 41.5 Å². The Balaban J connectivity index is 2.13. The number of fused-ring (bicyclic) bond motifs is 1. The average Bonchev–Trinajstić information content (AvgIpc) is 2.29. The summed E-state index contributed by atoms with van der Waals surface area (Å²) in [5.74, 6) is 1.58. The van der Waals surface area contributed by atoms with E-state index < -0.39 is 0 Å². The van der Waals surface area contributed by atoms with Crippen molar-refractivity contribution in [2.75, 3.05) is 0 Å². The largest absolute Gasteiger partial charge is 0.370 e. The topological polar surface area (TPSA) is 18.5 Å². The molecule has 2 heteroatoms. The zero-order valence-electron chi connectivity index (χ0n) is 14.4. The van der Waals surface area contributed by atoms with Crippen LogP contribution in [-0.4, -0.2) is 23.4 Å². The van der Waals surface area contributed by atoms with E-state index in [1.54, 1.807) is 0 Å². The first kappa shape index (κ1) is 16.3. The number of rotatable bonds is 2. The molecule has 20 heavy (non-hydrogen) atoms. The minimum Gasteiger partial charge on any atom is -0.370 e. The fraction of sp³-hybridized carbons (Fsp3) is 1.00. The van der Waals surface area contributed by atoms with E-state index in [0.717, 1.165) is 5.92 Å². The predicted octanol–water partition coefficient (Wildman–Crippen LogP) is 4.95. The summed E-state index contributed by atoms with van der Waals surface area (Å²) in [6, 6.07) is 0. The second-order valence-electron chi connectivity index (χ2n) is 8.75.